The second kappa shape index (κ2) is 14.6. The van der Waals surface area contributed by atoms with Crippen molar-refractivity contribution in [3.05, 3.63) is 16.9 Å². The summed E-state index contributed by atoms with van der Waals surface area (Å²) in [6.45, 7) is 0. The predicted molar refractivity (Wildman–Crippen MR) is 191 cm³/mol. The minimum absolute atomic E-state index is 0. The van der Waals surface area contributed by atoms with Crippen LogP contribution in [0.1, 0.15) is 103 Å². The van der Waals surface area contributed by atoms with Crippen molar-refractivity contribution < 1.29 is 16.5 Å². The SMILES string of the molecule is [Ni].[S-]/C(SC1CC2CCC1C2)=C(\[S-])SC1CC2CCC1C2.[S-]/C(SC1CC2CCC1C2)=C(\[S-])SC1CC2CCC1C2. The molecule has 0 aromatic rings. The Morgan fingerprint density at radius 2 is 0.561 bits per heavy atom. The van der Waals surface area contributed by atoms with E-state index < -0.39 is 0 Å². The first-order valence-electron chi connectivity index (χ1n) is 16.2. The van der Waals surface area contributed by atoms with Crippen LogP contribution in [0, 0.1) is 47.3 Å². The number of hydrogen-bond acceptors (Lipinski definition) is 8. The van der Waals surface area contributed by atoms with E-state index in [2.05, 4.69) is 0 Å². The summed E-state index contributed by atoms with van der Waals surface area (Å²) in [5, 5.41) is 3.17. The summed E-state index contributed by atoms with van der Waals surface area (Å²) in [7, 11) is 0. The first kappa shape index (κ1) is 33.2. The van der Waals surface area contributed by atoms with Gasteiger partial charge in [-0.05, 0) is 124 Å². The van der Waals surface area contributed by atoms with Crippen molar-refractivity contribution in [3.8, 4) is 0 Å². The van der Waals surface area contributed by atoms with Crippen molar-refractivity contribution >= 4 is 97.6 Å². The average molecular weight is 744 g/mol. The Hall–Kier alpha value is 2.25. The Kier molecular flexibility index (Phi) is 11.8. The van der Waals surface area contributed by atoms with Gasteiger partial charge in [-0.15, -0.1) is 0 Å². The van der Waals surface area contributed by atoms with Crippen LogP contribution in [-0.4, -0.2) is 21.0 Å². The van der Waals surface area contributed by atoms with Crippen LogP contribution in [0.25, 0.3) is 0 Å². The van der Waals surface area contributed by atoms with Crippen molar-refractivity contribution in [2.75, 3.05) is 0 Å². The first-order chi connectivity index (χ1) is 19.4. The van der Waals surface area contributed by atoms with Crippen LogP contribution in [0.2, 0.25) is 0 Å². The number of rotatable bonds is 8. The molecule has 41 heavy (non-hydrogen) atoms. The van der Waals surface area contributed by atoms with Gasteiger partial charge in [-0.3, -0.25) is 0 Å². The molecule has 9 heteroatoms. The molecule has 0 amide bonds. The van der Waals surface area contributed by atoms with Gasteiger partial charge in [-0.2, -0.15) is 64.0 Å². The van der Waals surface area contributed by atoms with Crippen LogP contribution in [-0.2, 0) is 67.0 Å². The summed E-state index contributed by atoms with van der Waals surface area (Å²) >= 11 is 30.4. The van der Waals surface area contributed by atoms with Crippen molar-refractivity contribution in [2.24, 2.45) is 47.3 Å². The van der Waals surface area contributed by atoms with E-state index in [4.69, 9.17) is 50.5 Å². The zero-order valence-electron chi connectivity index (χ0n) is 23.8. The predicted octanol–water partition coefficient (Wildman–Crippen LogP) is 10.1. The van der Waals surface area contributed by atoms with E-state index >= 15 is 0 Å². The maximum atomic E-state index is 5.65. The van der Waals surface area contributed by atoms with E-state index in [-0.39, 0.29) is 16.5 Å². The van der Waals surface area contributed by atoms with Gasteiger partial charge in [0.15, 0.2) is 0 Å². The zero-order valence-corrected chi connectivity index (χ0v) is 31.3. The maximum absolute atomic E-state index is 5.65. The fourth-order valence-electron chi connectivity index (χ4n) is 10.1. The van der Waals surface area contributed by atoms with Crippen LogP contribution >= 0.6 is 47.0 Å². The van der Waals surface area contributed by atoms with E-state index in [1.165, 1.54) is 103 Å². The zero-order chi connectivity index (χ0) is 27.4. The molecular weight excluding hydrogens is 700 g/mol. The Morgan fingerprint density at radius 1 is 0.341 bits per heavy atom. The van der Waals surface area contributed by atoms with Crippen molar-refractivity contribution in [1.29, 1.82) is 0 Å². The van der Waals surface area contributed by atoms with Crippen LogP contribution in [0.4, 0.5) is 0 Å². The number of thioether (sulfide) groups is 4. The molecular formula is C32H44NiS8-4. The molecule has 8 bridgehead atoms. The van der Waals surface area contributed by atoms with Crippen LogP contribution < -0.4 is 0 Å². The van der Waals surface area contributed by atoms with Gasteiger partial charge < -0.3 is 50.5 Å². The quantitative estimate of drug-likeness (QED) is 0.176. The van der Waals surface area contributed by atoms with E-state index in [1.807, 2.05) is 47.0 Å². The van der Waals surface area contributed by atoms with Gasteiger partial charge in [0, 0.05) is 37.5 Å². The topological polar surface area (TPSA) is 0 Å². The van der Waals surface area contributed by atoms with E-state index in [0.717, 1.165) is 85.3 Å². The van der Waals surface area contributed by atoms with Gasteiger partial charge in [0.25, 0.3) is 0 Å². The van der Waals surface area contributed by atoms with E-state index in [9.17, 15) is 0 Å². The number of fused-ring (bicyclic) bond motifs is 8. The molecule has 234 valence electrons. The second-order valence-electron chi connectivity index (χ2n) is 14.5. The average Bonchev–Trinajstić information content (AvgIpc) is 3.79. The molecule has 0 heterocycles. The standard InChI is InChI=1S/2C16H24S4.Ni/c2*17-15(19-13-7-9-1-3-11(13)5-9)16(18)20-14-8-10-2-4-12(14)6-10;/h2*9-14,17-18H,1-8H2;/p-4/b2*16-15-;. The monoisotopic (exact) mass is 742 g/mol. The third kappa shape index (κ3) is 7.71. The minimum atomic E-state index is 0. The second-order valence-corrected chi connectivity index (χ2v) is 22.1. The molecule has 0 aliphatic heterocycles. The Bertz CT molecular complexity index is 846. The fourth-order valence-corrected chi connectivity index (χ4v) is 17.4. The normalized spacial score (nSPS) is 45.9. The van der Waals surface area contributed by atoms with Crippen LogP contribution in [0.5, 0.6) is 0 Å². The Balaban J connectivity index is 0.000000144. The van der Waals surface area contributed by atoms with Gasteiger partial charge >= 0.3 is 0 Å². The number of hydrogen-bond donors (Lipinski definition) is 0. The maximum Gasteiger partial charge on any atom is 0.0104 e. The summed E-state index contributed by atoms with van der Waals surface area (Å²) in [5.41, 5.74) is 0. The van der Waals surface area contributed by atoms with Crippen molar-refractivity contribution in [1.82, 2.24) is 0 Å². The van der Waals surface area contributed by atoms with Crippen LogP contribution in [0.15, 0.2) is 16.9 Å². The smallest absolute Gasteiger partial charge is 0.0104 e. The minimum Gasteiger partial charge on any atom is -0.774 e. The summed E-state index contributed by atoms with van der Waals surface area (Å²) in [6, 6.07) is 0. The molecule has 0 spiro atoms. The molecule has 0 aromatic heterocycles. The van der Waals surface area contributed by atoms with Crippen molar-refractivity contribution in [3.63, 3.8) is 0 Å². The molecule has 0 aromatic carbocycles. The third-order valence-corrected chi connectivity index (χ3v) is 20.3. The molecule has 8 aliphatic carbocycles. The molecule has 12 atom stereocenters. The summed E-state index contributed by atoms with van der Waals surface area (Å²) in [4.78, 5) is 0. The molecule has 8 aliphatic rings. The molecule has 8 saturated carbocycles. The Labute approximate surface area is 299 Å². The summed E-state index contributed by atoms with van der Waals surface area (Å²) < 4.78 is 4.19. The molecule has 8 fully saturated rings. The summed E-state index contributed by atoms with van der Waals surface area (Å²) in [5.74, 6) is 7.80. The molecule has 0 N–H and O–H groups in total. The van der Waals surface area contributed by atoms with Gasteiger partial charge in [0.1, 0.15) is 0 Å². The first-order valence-corrected chi connectivity index (χ1v) is 21.4. The Morgan fingerprint density at radius 3 is 0.707 bits per heavy atom. The largest absolute Gasteiger partial charge is 0.774 e. The molecule has 12 unspecified atom stereocenters. The molecule has 0 saturated heterocycles. The fraction of sp³-hybridized carbons (Fsp3) is 0.875. The van der Waals surface area contributed by atoms with Gasteiger partial charge in [-0.1, -0.05) is 25.7 Å². The van der Waals surface area contributed by atoms with Gasteiger partial charge in [0.05, 0.1) is 0 Å². The van der Waals surface area contributed by atoms with Crippen LogP contribution in [0.3, 0.4) is 0 Å². The summed E-state index contributed by atoms with van der Waals surface area (Å²) in [6.07, 6.45) is 23.1. The third-order valence-electron chi connectivity index (χ3n) is 12.1. The van der Waals surface area contributed by atoms with Gasteiger partial charge in [-0.25, -0.2) is 0 Å². The molecule has 0 radical (unpaired) electrons. The molecule has 0 nitrogen and oxygen atoms in total. The van der Waals surface area contributed by atoms with Crippen molar-refractivity contribution in [2.45, 2.75) is 124 Å². The van der Waals surface area contributed by atoms with E-state index in [1.54, 1.807) is 0 Å². The van der Waals surface area contributed by atoms with Gasteiger partial charge in [0.2, 0.25) is 0 Å². The molecule has 8 rings (SSSR count). The van der Waals surface area contributed by atoms with E-state index in [0.29, 0.717) is 0 Å².